The lowest BCUT2D eigenvalue weighted by molar-refractivity contribution is 0.0891. The Kier molecular flexibility index (Phi) is 79.7. The molecule has 12 fully saturated rings. The molecule has 0 heterocycles. The second-order valence-electron chi connectivity index (χ2n) is 44.0. The highest BCUT2D eigenvalue weighted by atomic mass is 14.5. The van der Waals surface area contributed by atoms with E-state index in [1.54, 1.807) is 19.3 Å². The zero-order valence-corrected chi connectivity index (χ0v) is 73.7. The van der Waals surface area contributed by atoms with Crippen molar-refractivity contribution < 1.29 is 0 Å². The monoisotopic (exact) mass is 1530 g/mol. The minimum Gasteiger partial charge on any atom is -0.0776 e. The maximum absolute atomic E-state index is 2.44. The van der Waals surface area contributed by atoms with Crippen LogP contribution in [0, 0.1) is 174 Å². The van der Waals surface area contributed by atoms with E-state index < -0.39 is 0 Å². The molecule has 0 nitrogen and oxygen atoms in total. The molecule has 0 aromatic heterocycles. The van der Waals surface area contributed by atoms with Crippen molar-refractivity contribution in [2.75, 3.05) is 0 Å². The van der Waals surface area contributed by atoms with Gasteiger partial charge >= 0.3 is 0 Å². The number of hydrogen-bond donors (Lipinski definition) is 0. The molecule has 0 aromatic rings. The standard InChI is InChI=1S/3C8H18.2C7H12.8C7H14.13CH4/c1-7(2,3)8(4,5)6;1-6-7(2)8(3,4)5;1-6(2)8(5)7(3)4;1-7(4-5-7)6-2-3-6;1-5-4-7(5)6-2-3-6;2*1-6-4-7(2,3)5-6;2*1-6-4-5-7(6,2)3;2*1-5-4-6(2)7(5)3;1-3-7-4-6(2)5-7;1-3-7-5-4-6(7)2;;;;;;;;;;;;;/h1-6H3;7H,6H2,1-5H3;6-8H,1-5H3;6H,2-5H2,1H3;5-7H,2-4H2,1H3;4*6H,4-5H2,1-3H3;2*5-7H,4H2,1-3H3;2*6-7H,3-5H2,1-2H3;13*1H4/t;;;;5-,7?;;;6-;;5-,6?,7?;;;;;;;;;;;;;;;;/m....0..0.0................/s1. The lowest BCUT2D eigenvalue weighted by Crippen LogP contribution is -2.31. The maximum atomic E-state index is 2.44. The maximum Gasteiger partial charge on any atom is -0.0297 e. The number of rotatable bonds is 7. The molecule has 12 rings (SSSR count). The van der Waals surface area contributed by atoms with Crippen molar-refractivity contribution in [1.29, 1.82) is 0 Å². The van der Waals surface area contributed by atoms with Crippen molar-refractivity contribution in [2.24, 2.45) is 174 Å². The van der Waals surface area contributed by atoms with Crippen LogP contribution in [0.25, 0.3) is 0 Å². The van der Waals surface area contributed by atoms with E-state index in [1.165, 1.54) is 147 Å². The highest BCUT2D eigenvalue weighted by molar-refractivity contribution is 5.00. The summed E-state index contributed by atoms with van der Waals surface area (Å²) in [4.78, 5) is 0. The molecule has 0 spiro atoms. The minimum absolute atomic E-state index is 0. The fraction of sp³-hybridized carbons (Fsp3) is 1.00. The summed E-state index contributed by atoms with van der Waals surface area (Å²) in [5.41, 5.74) is 4.99. The predicted molar refractivity (Wildman–Crippen MR) is 522 cm³/mol. The van der Waals surface area contributed by atoms with E-state index in [-0.39, 0.29) is 96.5 Å². The third-order valence-electron chi connectivity index (χ3n) is 29.6. The largest absolute Gasteiger partial charge is 0.0776 e. The fourth-order valence-electron chi connectivity index (χ4n) is 15.5. The third-order valence-corrected chi connectivity index (χ3v) is 29.6. The Labute approximate surface area is 696 Å². The first-order valence-electron chi connectivity index (χ1n) is 42.5. The van der Waals surface area contributed by atoms with Crippen LogP contribution >= 0.6 is 0 Å². The van der Waals surface area contributed by atoms with Crippen molar-refractivity contribution in [3.63, 3.8) is 0 Å². The van der Waals surface area contributed by atoms with Gasteiger partial charge in [0.25, 0.3) is 0 Å². The lowest BCUT2D eigenvalue weighted by atomic mass is 9.64. The van der Waals surface area contributed by atoms with Crippen LogP contribution in [0.3, 0.4) is 0 Å². The highest BCUT2D eigenvalue weighted by Gasteiger charge is 2.49. The van der Waals surface area contributed by atoms with E-state index in [2.05, 4.69) is 277 Å². The Bertz CT molecular complexity index is 1770. The summed E-state index contributed by atoms with van der Waals surface area (Å²) in [5.74, 6) is 22.3. The van der Waals surface area contributed by atoms with Gasteiger partial charge in [-0.05, 0) is 302 Å². The van der Waals surface area contributed by atoms with Gasteiger partial charge in [0.05, 0.1) is 0 Å². The average molecular weight is 1530 g/mol. The van der Waals surface area contributed by atoms with Crippen molar-refractivity contribution in [2.45, 2.75) is 528 Å². The first-order chi connectivity index (χ1) is 42.5. The summed E-state index contributed by atoms with van der Waals surface area (Å²) in [5, 5.41) is 0. The molecule has 12 aliphatic rings. The van der Waals surface area contributed by atoms with Gasteiger partial charge in [0.2, 0.25) is 0 Å². The highest BCUT2D eigenvalue weighted by Crippen LogP contribution is 2.61. The van der Waals surface area contributed by atoms with Crippen molar-refractivity contribution >= 4 is 0 Å². The topological polar surface area (TPSA) is 0 Å². The van der Waals surface area contributed by atoms with Gasteiger partial charge in [-0.2, -0.15) is 0 Å². The van der Waals surface area contributed by atoms with Gasteiger partial charge in [-0.25, -0.2) is 0 Å². The Morgan fingerprint density at radius 2 is 0.636 bits per heavy atom. The molecular weight excluding hydrogens is 1290 g/mol. The molecule has 12 aliphatic carbocycles. The van der Waals surface area contributed by atoms with Crippen molar-refractivity contribution in [3.8, 4) is 0 Å². The van der Waals surface area contributed by atoms with E-state index >= 15 is 0 Å². The molecule has 0 bridgehead atoms. The second-order valence-corrected chi connectivity index (χ2v) is 44.0. The van der Waals surface area contributed by atoms with Gasteiger partial charge in [0, 0.05) is 0 Å². The molecule has 0 saturated heterocycles. The molecule has 670 valence electrons. The molecular formula is C107H242. The van der Waals surface area contributed by atoms with Gasteiger partial charge in [-0.15, -0.1) is 0 Å². The van der Waals surface area contributed by atoms with Crippen LogP contribution in [0.2, 0.25) is 0 Å². The molecule has 107 heavy (non-hydrogen) atoms. The molecule has 9 unspecified atom stereocenters. The van der Waals surface area contributed by atoms with E-state index in [1.807, 2.05) is 0 Å². The average Bonchev–Trinajstić information content (AvgIpc) is 1.62. The lowest BCUT2D eigenvalue weighted by Gasteiger charge is -2.42. The van der Waals surface area contributed by atoms with Crippen LogP contribution < -0.4 is 0 Å². The SMILES string of the molecule is C.C.C.C.C.C.C.C.C.C.C.C.C.CC(C)(C)C(C)(C)C.CC(C)C(C)C(C)C.CC1(C2CC2)CC1.CC1CC(C)(C)C1.CC1CC(C)(C)C1.CC1CC(C)C1C.CC1CCC1(C)C.CC1C[C@H](C)C1C.CCC(C)C(C)(C)C.CCC1CC(C)C1.CCC1CCC1C.C[C@H]1CC1C1CC1.C[C@H]1CCC1(C)C. The molecule has 12 saturated carbocycles. The molecule has 0 aliphatic heterocycles. The van der Waals surface area contributed by atoms with E-state index in [9.17, 15) is 0 Å². The molecule has 0 aromatic carbocycles. The predicted octanol–water partition coefficient (Wildman–Crippen LogP) is 40.9. The van der Waals surface area contributed by atoms with Crippen LogP contribution in [-0.2, 0) is 0 Å². The molecule has 0 heteroatoms. The summed E-state index contributed by atoms with van der Waals surface area (Å²) in [7, 11) is 0. The van der Waals surface area contributed by atoms with E-state index in [4.69, 9.17) is 0 Å². The normalized spacial score (nSPS) is 29.4. The first-order valence-corrected chi connectivity index (χ1v) is 42.5. The third kappa shape index (κ3) is 57.7. The first kappa shape index (κ1) is 139. The van der Waals surface area contributed by atoms with Crippen LogP contribution in [0.5, 0.6) is 0 Å². The summed E-state index contributed by atoms with van der Waals surface area (Å²) in [6.07, 6.45) is 35.3. The second kappa shape index (κ2) is 61.4. The summed E-state index contributed by atoms with van der Waals surface area (Å²) >= 11 is 0. The minimum atomic E-state index is 0. The van der Waals surface area contributed by atoms with Crippen LogP contribution in [0.4, 0.5) is 0 Å². The molecule has 12 atom stereocenters. The van der Waals surface area contributed by atoms with E-state index in [0.717, 1.165) is 124 Å². The van der Waals surface area contributed by atoms with Crippen LogP contribution in [0.1, 0.15) is 528 Å². The summed E-state index contributed by atoms with van der Waals surface area (Å²) < 4.78 is 0. The zero-order valence-electron chi connectivity index (χ0n) is 73.7. The van der Waals surface area contributed by atoms with Gasteiger partial charge < -0.3 is 0 Å². The van der Waals surface area contributed by atoms with Crippen molar-refractivity contribution in [1.82, 2.24) is 0 Å². The Morgan fingerprint density at radius 1 is 0.336 bits per heavy atom. The Morgan fingerprint density at radius 3 is 0.664 bits per heavy atom. The van der Waals surface area contributed by atoms with Crippen LogP contribution in [-0.4, -0.2) is 0 Å². The van der Waals surface area contributed by atoms with Gasteiger partial charge in [-0.3, -0.25) is 0 Å². The van der Waals surface area contributed by atoms with Crippen molar-refractivity contribution in [3.05, 3.63) is 0 Å². The van der Waals surface area contributed by atoms with Gasteiger partial charge in [0.15, 0.2) is 0 Å². The summed E-state index contributed by atoms with van der Waals surface area (Å²) in [6.45, 7) is 92.7. The number of hydrogen-bond acceptors (Lipinski definition) is 0. The van der Waals surface area contributed by atoms with E-state index in [0.29, 0.717) is 37.9 Å². The zero-order chi connectivity index (χ0) is 73.7. The van der Waals surface area contributed by atoms with Crippen LogP contribution in [0.15, 0.2) is 0 Å². The molecule has 0 amide bonds. The Hall–Kier alpha value is 0. The molecule has 0 radical (unpaired) electrons. The van der Waals surface area contributed by atoms with Gasteiger partial charge in [0.1, 0.15) is 0 Å². The fourth-order valence-corrected chi connectivity index (χ4v) is 15.5. The molecule has 0 N–H and O–H groups in total. The van der Waals surface area contributed by atoms with Gasteiger partial charge in [-0.1, -0.05) is 399 Å². The smallest absolute Gasteiger partial charge is 0.0297 e. The summed E-state index contributed by atoms with van der Waals surface area (Å²) in [6, 6.07) is 0. The quantitative estimate of drug-likeness (QED) is 0.238. The Balaban J connectivity index is -0.0000000722.